The molecule has 0 spiro atoms. The highest BCUT2D eigenvalue weighted by Crippen LogP contribution is 2.31. The van der Waals surface area contributed by atoms with Crippen LogP contribution in [-0.2, 0) is 11.0 Å². The first-order valence-electron chi connectivity index (χ1n) is 10.1. The van der Waals surface area contributed by atoms with E-state index >= 15 is 0 Å². The Morgan fingerprint density at radius 2 is 1.90 bits per heavy atom. The van der Waals surface area contributed by atoms with E-state index in [0.29, 0.717) is 38.5 Å². The zero-order valence-electron chi connectivity index (χ0n) is 17.1. The molecular weight excluding hydrogens is 401 g/mol. The molecule has 0 fully saturated rings. The van der Waals surface area contributed by atoms with Crippen LogP contribution >= 0.6 is 0 Å². The summed E-state index contributed by atoms with van der Waals surface area (Å²) in [5.74, 6) is -0.753. The molecular formula is C22H31F3O5. The van der Waals surface area contributed by atoms with E-state index in [1.807, 2.05) is 12.2 Å². The molecule has 0 aliphatic heterocycles. The number of hydrogen-bond donors (Lipinski definition) is 3. The van der Waals surface area contributed by atoms with E-state index in [1.54, 1.807) is 6.92 Å². The van der Waals surface area contributed by atoms with Crippen molar-refractivity contribution in [3.8, 4) is 5.75 Å². The Hall–Kier alpha value is -2.06. The van der Waals surface area contributed by atoms with E-state index < -0.39 is 29.9 Å². The molecule has 0 aliphatic rings. The van der Waals surface area contributed by atoms with Gasteiger partial charge < -0.3 is 20.1 Å². The van der Waals surface area contributed by atoms with Gasteiger partial charge in [-0.3, -0.25) is 4.79 Å². The van der Waals surface area contributed by atoms with Crippen molar-refractivity contribution < 1.29 is 38.0 Å². The number of ether oxygens (including phenoxy) is 1. The van der Waals surface area contributed by atoms with Crippen molar-refractivity contribution in [1.82, 2.24) is 0 Å². The van der Waals surface area contributed by atoms with Gasteiger partial charge in [0.15, 0.2) is 0 Å². The molecule has 8 heteroatoms. The SMILES string of the molecule is CC(O)C(C/C=C\CCCC(=O)O)CCCC(O)COc1cccc(C(F)(F)F)c1. The highest BCUT2D eigenvalue weighted by atomic mass is 19.4. The zero-order chi connectivity index (χ0) is 22.6. The quantitative estimate of drug-likeness (QED) is 0.290. The fraction of sp³-hybridized carbons (Fsp3) is 0.591. The van der Waals surface area contributed by atoms with Crippen LogP contribution in [0.3, 0.4) is 0 Å². The smallest absolute Gasteiger partial charge is 0.416 e. The van der Waals surface area contributed by atoms with Gasteiger partial charge in [0.1, 0.15) is 12.4 Å². The topological polar surface area (TPSA) is 87.0 Å². The second kappa shape index (κ2) is 13.3. The minimum Gasteiger partial charge on any atom is -0.491 e. The number of carboxylic acid groups (broad SMARTS) is 1. The van der Waals surface area contributed by atoms with Crippen LogP contribution in [0, 0.1) is 5.92 Å². The van der Waals surface area contributed by atoms with Crippen LogP contribution in [-0.4, -0.2) is 40.1 Å². The van der Waals surface area contributed by atoms with E-state index in [9.17, 15) is 28.2 Å². The van der Waals surface area contributed by atoms with Gasteiger partial charge in [0, 0.05) is 6.42 Å². The molecule has 0 aliphatic carbocycles. The van der Waals surface area contributed by atoms with Crippen molar-refractivity contribution >= 4 is 5.97 Å². The number of unbranched alkanes of at least 4 members (excludes halogenated alkanes) is 1. The van der Waals surface area contributed by atoms with Gasteiger partial charge in [0.05, 0.1) is 17.8 Å². The number of carbonyl (C=O) groups is 1. The van der Waals surface area contributed by atoms with Crippen LogP contribution in [0.2, 0.25) is 0 Å². The second-order valence-corrected chi connectivity index (χ2v) is 7.42. The largest absolute Gasteiger partial charge is 0.491 e. The molecule has 0 bridgehead atoms. The molecule has 3 unspecified atom stereocenters. The van der Waals surface area contributed by atoms with Gasteiger partial charge in [-0.05, 0) is 63.1 Å². The lowest BCUT2D eigenvalue weighted by Gasteiger charge is -2.19. The van der Waals surface area contributed by atoms with Crippen LogP contribution in [0.1, 0.15) is 57.4 Å². The Morgan fingerprint density at radius 3 is 2.53 bits per heavy atom. The number of carboxylic acids is 1. The maximum Gasteiger partial charge on any atom is 0.416 e. The Morgan fingerprint density at radius 1 is 1.17 bits per heavy atom. The molecule has 0 amide bonds. The fourth-order valence-electron chi connectivity index (χ4n) is 2.97. The number of hydrogen-bond acceptors (Lipinski definition) is 4. The van der Waals surface area contributed by atoms with Crippen molar-refractivity contribution in [2.75, 3.05) is 6.61 Å². The summed E-state index contributed by atoms with van der Waals surface area (Å²) in [6.07, 6.45) is 1.81. The summed E-state index contributed by atoms with van der Waals surface area (Å²) in [6, 6.07) is 4.53. The Balaban J connectivity index is 2.32. The number of aliphatic hydroxyl groups is 2. The standard InChI is InChI=1S/C22H31F3O5/c1-16(26)17(8-4-2-3-5-13-21(28)29)9-6-11-19(27)15-30-20-12-7-10-18(14-20)22(23,24)25/h2,4,7,10,12,14,16-17,19,26-27H,3,5-6,8-9,11,13,15H2,1H3,(H,28,29)/b4-2-. The molecule has 0 saturated heterocycles. The molecule has 170 valence electrons. The first-order valence-corrected chi connectivity index (χ1v) is 10.1. The molecule has 1 aromatic carbocycles. The summed E-state index contributed by atoms with van der Waals surface area (Å²) < 4.78 is 43.4. The van der Waals surface area contributed by atoms with Crippen LogP contribution in [0.15, 0.2) is 36.4 Å². The summed E-state index contributed by atoms with van der Waals surface area (Å²) in [4.78, 5) is 10.5. The molecule has 0 saturated carbocycles. The summed E-state index contributed by atoms with van der Waals surface area (Å²) in [5.41, 5.74) is -0.801. The third-order valence-electron chi connectivity index (χ3n) is 4.77. The predicted octanol–water partition coefficient (Wildman–Crippen LogP) is 4.81. The lowest BCUT2D eigenvalue weighted by molar-refractivity contribution is -0.138. The molecule has 3 atom stereocenters. The third-order valence-corrected chi connectivity index (χ3v) is 4.77. The number of allylic oxidation sites excluding steroid dienone is 2. The molecule has 1 rings (SSSR count). The van der Waals surface area contributed by atoms with E-state index in [0.717, 1.165) is 12.1 Å². The lowest BCUT2D eigenvalue weighted by Crippen LogP contribution is -2.20. The molecule has 0 aromatic heterocycles. The number of halogens is 3. The summed E-state index contributed by atoms with van der Waals surface area (Å²) >= 11 is 0. The average Bonchev–Trinajstić information content (AvgIpc) is 2.66. The summed E-state index contributed by atoms with van der Waals surface area (Å²) in [7, 11) is 0. The van der Waals surface area contributed by atoms with Crippen LogP contribution in [0.5, 0.6) is 5.75 Å². The normalized spacial score (nSPS) is 15.1. The van der Waals surface area contributed by atoms with Gasteiger partial charge in [-0.2, -0.15) is 13.2 Å². The van der Waals surface area contributed by atoms with E-state index in [2.05, 4.69) is 0 Å². The highest BCUT2D eigenvalue weighted by Gasteiger charge is 2.30. The third kappa shape index (κ3) is 11.2. The average molecular weight is 432 g/mol. The second-order valence-electron chi connectivity index (χ2n) is 7.42. The number of benzene rings is 1. The number of rotatable bonds is 14. The monoisotopic (exact) mass is 432 g/mol. The molecule has 3 N–H and O–H groups in total. The molecule has 30 heavy (non-hydrogen) atoms. The van der Waals surface area contributed by atoms with Gasteiger partial charge in [-0.1, -0.05) is 24.6 Å². The molecule has 0 radical (unpaired) electrons. The predicted molar refractivity (Wildman–Crippen MR) is 107 cm³/mol. The Bertz CT molecular complexity index is 658. The van der Waals surface area contributed by atoms with Crippen molar-refractivity contribution in [2.24, 2.45) is 5.92 Å². The Kier molecular flexibility index (Phi) is 11.5. The summed E-state index contributed by atoms with van der Waals surface area (Å²) in [5, 5.41) is 28.5. The molecule has 0 heterocycles. The van der Waals surface area contributed by atoms with Gasteiger partial charge in [0.2, 0.25) is 0 Å². The minimum absolute atomic E-state index is 0.0114. The lowest BCUT2D eigenvalue weighted by atomic mass is 9.92. The maximum absolute atomic E-state index is 12.7. The first kappa shape index (κ1) is 26.0. The number of aliphatic hydroxyl groups excluding tert-OH is 2. The van der Waals surface area contributed by atoms with Gasteiger partial charge in [-0.25, -0.2) is 0 Å². The van der Waals surface area contributed by atoms with Crippen molar-refractivity contribution in [3.05, 3.63) is 42.0 Å². The van der Waals surface area contributed by atoms with Crippen molar-refractivity contribution in [3.63, 3.8) is 0 Å². The van der Waals surface area contributed by atoms with Gasteiger partial charge >= 0.3 is 12.1 Å². The van der Waals surface area contributed by atoms with E-state index in [1.165, 1.54) is 12.1 Å². The number of alkyl halides is 3. The zero-order valence-corrected chi connectivity index (χ0v) is 17.1. The van der Waals surface area contributed by atoms with Crippen LogP contribution < -0.4 is 4.74 Å². The van der Waals surface area contributed by atoms with Gasteiger partial charge in [-0.15, -0.1) is 0 Å². The minimum atomic E-state index is -4.45. The summed E-state index contributed by atoms with van der Waals surface area (Å²) in [6.45, 7) is 1.60. The number of aliphatic carboxylic acids is 1. The molecule has 5 nitrogen and oxygen atoms in total. The van der Waals surface area contributed by atoms with E-state index in [4.69, 9.17) is 9.84 Å². The van der Waals surface area contributed by atoms with Crippen molar-refractivity contribution in [1.29, 1.82) is 0 Å². The Labute approximate surface area is 175 Å². The van der Waals surface area contributed by atoms with Crippen LogP contribution in [0.4, 0.5) is 13.2 Å². The molecule has 1 aromatic rings. The first-order chi connectivity index (χ1) is 14.1. The van der Waals surface area contributed by atoms with E-state index in [-0.39, 0.29) is 24.7 Å². The fourth-order valence-corrected chi connectivity index (χ4v) is 2.97. The maximum atomic E-state index is 12.7. The van der Waals surface area contributed by atoms with Crippen molar-refractivity contribution in [2.45, 2.75) is 70.3 Å². The highest BCUT2D eigenvalue weighted by molar-refractivity contribution is 5.66. The van der Waals surface area contributed by atoms with Crippen LogP contribution in [0.25, 0.3) is 0 Å². The van der Waals surface area contributed by atoms with Gasteiger partial charge in [0.25, 0.3) is 0 Å².